The van der Waals surface area contributed by atoms with Crippen LogP contribution < -0.4 is 10.6 Å². The fourth-order valence-corrected chi connectivity index (χ4v) is 2.71. The highest BCUT2D eigenvalue weighted by Gasteiger charge is 2.13. The van der Waals surface area contributed by atoms with Crippen molar-refractivity contribution >= 4 is 46.1 Å². The van der Waals surface area contributed by atoms with Crippen molar-refractivity contribution in [2.24, 2.45) is 0 Å². The Morgan fingerprint density at radius 2 is 2.25 bits per heavy atom. The standard InChI is InChI=1S/C14H21ClN6O2S/c1-3-24-14-19-12(17-5-7-23-2)10-9-18-21(13(10)20-14)6-4-16-11(22)8-15/h9H,3-8H2,1-2H3,(H,16,22)(H,17,19,20). The first-order valence-electron chi connectivity index (χ1n) is 7.61. The average Bonchev–Trinajstić information content (AvgIpc) is 2.98. The van der Waals surface area contributed by atoms with E-state index in [2.05, 4.69) is 32.6 Å². The molecule has 10 heteroatoms. The number of halogens is 1. The van der Waals surface area contributed by atoms with Gasteiger partial charge in [-0.05, 0) is 5.75 Å². The Hall–Kier alpha value is -1.58. The molecule has 24 heavy (non-hydrogen) atoms. The van der Waals surface area contributed by atoms with Crippen molar-refractivity contribution in [3.8, 4) is 0 Å². The molecule has 8 nitrogen and oxygen atoms in total. The van der Waals surface area contributed by atoms with Gasteiger partial charge in [0.2, 0.25) is 5.91 Å². The van der Waals surface area contributed by atoms with Crippen molar-refractivity contribution in [1.82, 2.24) is 25.1 Å². The van der Waals surface area contributed by atoms with Crippen LogP contribution in [0, 0.1) is 0 Å². The first-order valence-corrected chi connectivity index (χ1v) is 9.13. The zero-order valence-electron chi connectivity index (χ0n) is 13.7. The summed E-state index contributed by atoms with van der Waals surface area (Å²) in [4.78, 5) is 20.3. The molecule has 2 heterocycles. The van der Waals surface area contributed by atoms with Gasteiger partial charge in [0.1, 0.15) is 11.7 Å². The van der Waals surface area contributed by atoms with Gasteiger partial charge in [-0.25, -0.2) is 14.6 Å². The van der Waals surface area contributed by atoms with Crippen LogP contribution in [-0.4, -0.2) is 64.1 Å². The van der Waals surface area contributed by atoms with Crippen molar-refractivity contribution in [3.63, 3.8) is 0 Å². The highest BCUT2D eigenvalue weighted by atomic mass is 35.5. The van der Waals surface area contributed by atoms with E-state index in [4.69, 9.17) is 16.3 Å². The zero-order valence-corrected chi connectivity index (χ0v) is 15.3. The fraction of sp³-hybridized carbons (Fsp3) is 0.571. The topological polar surface area (TPSA) is 94.0 Å². The summed E-state index contributed by atoms with van der Waals surface area (Å²) in [5.74, 6) is 1.37. The number of methoxy groups -OCH3 is 1. The molecule has 0 fully saturated rings. The van der Waals surface area contributed by atoms with Crippen molar-refractivity contribution in [3.05, 3.63) is 6.20 Å². The third kappa shape index (κ3) is 4.96. The second-order valence-corrected chi connectivity index (χ2v) is 6.29. The summed E-state index contributed by atoms with van der Waals surface area (Å²) in [5, 5.41) is 11.9. The fourth-order valence-electron chi connectivity index (χ4n) is 2.05. The maximum atomic E-state index is 11.2. The van der Waals surface area contributed by atoms with Gasteiger partial charge in [0.05, 0.1) is 24.7 Å². The quantitative estimate of drug-likeness (QED) is 0.281. The number of thioether (sulfide) groups is 1. The summed E-state index contributed by atoms with van der Waals surface area (Å²) >= 11 is 7.03. The number of hydrogen-bond donors (Lipinski definition) is 2. The van der Waals surface area contributed by atoms with E-state index < -0.39 is 0 Å². The molecule has 2 aromatic rings. The number of ether oxygens (including phenoxy) is 1. The number of amides is 1. The van der Waals surface area contributed by atoms with Crippen LogP contribution in [0.15, 0.2) is 11.4 Å². The van der Waals surface area contributed by atoms with Gasteiger partial charge in [0.25, 0.3) is 0 Å². The third-order valence-electron chi connectivity index (χ3n) is 3.11. The molecular formula is C14H21ClN6O2S. The van der Waals surface area contributed by atoms with Crippen molar-refractivity contribution in [2.75, 3.05) is 43.8 Å². The summed E-state index contributed by atoms with van der Waals surface area (Å²) in [7, 11) is 1.66. The number of nitrogens with zero attached hydrogens (tertiary/aromatic N) is 4. The summed E-state index contributed by atoms with van der Waals surface area (Å²) in [5.41, 5.74) is 0.737. The van der Waals surface area contributed by atoms with Crippen molar-refractivity contribution < 1.29 is 9.53 Å². The maximum absolute atomic E-state index is 11.2. The van der Waals surface area contributed by atoms with Gasteiger partial charge in [-0.1, -0.05) is 18.7 Å². The lowest BCUT2D eigenvalue weighted by Crippen LogP contribution is -2.28. The van der Waals surface area contributed by atoms with Crippen LogP contribution in [-0.2, 0) is 16.1 Å². The monoisotopic (exact) mass is 372 g/mol. The van der Waals surface area contributed by atoms with Gasteiger partial charge in [0, 0.05) is 20.2 Å². The number of fused-ring (bicyclic) bond motifs is 1. The zero-order chi connectivity index (χ0) is 17.4. The maximum Gasteiger partial charge on any atom is 0.234 e. The molecule has 1 amide bonds. The lowest BCUT2D eigenvalue weighted by molar-refractivity contribution is -0.118. The van der Waals surface area contributed by atoms with E-state index >= 15 is 0 Å². The van der Waals surface area contributed by atoms with Crippen molar-refractivity contribution in [2.45, 2.75) is 18.6 Å². The number of hydrogen-bond acceptors (Lipinski definition) is 7. The van der Waals surface area contributed by atoms with Gasteiger partial charge in [-0.15, -0.1) is 11.6 Å². The van der Waals surface area contributed by atoms with Crippen LogP contribution in [0.25, 0.3) is 11.0 Å². The Balaban J connectivity index is 2.21. The molecule has 0 aromatic carbocycles. The highest BCUT2D eigenvalue weighted by molar-refractivity contribution is 7.99. The minimum absolute atomic E-state index is 0.0487. The molecule has 132 valence electrons. The normalized spacial score (nSPS) is 11.0. The Labute approximate surface area is 149 Å². The minimum atomic E-state index is -0.202. The molecule has 0 aliphatic carbocycles. The number of nitrogens with one attached hydrogen (secondary N) is 2. The summed E-state index contributed by atoms with van der Waals surface area (Å²) in [6, 6.07) is 0. The Morgan fingerprint density at radius 3 is 2.96 bits per heavy atom. The molecule has 0 atom stereocenters. The lowest BCUT2D eigenvalue weighted by atomic mass is 10.4. The van der Waals surface area contributed by atoms with E-state index in [1.165, 1.54) is 0 Å². The molecule has 0 aliphatic heterocycles. The van der Waals surface area contributed by atoms with Crippen LogP contribution in [0.4, 0.5) is 5.82 Å². The van der Waals surface area contributed by atoms with Crippen LogP contribution in [0.1, 0.15) is 6.92 Å². The molecule has 2 rings (SSSR count). The first-order chi connectivity index (χ1) is 11.7. The molecule has 2 aromatic heterocycles. The van der Waals surface area contributed by atoms with Crippen molar-refractivity contribution in [1.29, 1.82) is 0 Å². The van der Waals surface area contributed by atoms with Crippen LogP contribution in [0.3, 0.4) is 0 Å². The number of alkyl halides is 1. The summed E-state index contributed by atoms with van der Waals surface area (Å²) in [6.45, 7) is 4.23. The van der Waals surface area contributed by atoms with E-state index in [1.807, 2.05) is 0 Å². The number of rotatable bonds is 10. The highest BCUT2D eigenvalue weighted by Crippen LogP contribution is 2.24. The molecule has 0 unspecified atom stereocenters. The SMILES string of the molecule is CCSc1nc(NCCOC)c2cnn(CCNC(=O)CCl)c2n1. The third-order valence-corrected chi connectivity index (χ3v) is 4.09. The van der Waals surface area contributed by atoms with Crippen LogP contribution in [0.5, 0.6) is 0 Å². The smallest absolute Gasteiger partial charge is 0.234 e. The molecule has 2 N–H and O–H groups in total. The summed E-state index contributed by atoms with van der Waals surface area (Å²) in [6.07, 6.45) is 1.73. The Morgan fingerprint density at radius 1 is 1.42 bits per heavy atom. The predicted octanol–water partition coefficient (Wildman–Crippen LogP) is 1.35. The predicted molar refractivity (Wildman–Crippen MR) is 95.8 cm³/mol. The summed E-state index contributed by atoms with van der Waals surface area (Å²) < 4.78 is 6.82. The second-order valence-electron chi connectivity index (χ2n) is 4.80. The molecule has 0 saturated heterocycles. The van der Waals surface area contributed by atoms with E-state index in [-0.39, 0.29) is 11.8 Å². The van der Waals surface area contributed by atoms with Gasteiger partial charge in [-0.2, -0.15) is 5.10 Å². The largest absolute Gasteiger partial charge is 0.383 e. The molecule has 0 saturated carbocycles. The molecule has 0 spiro atoms. The Kier molecular flexibility index (Phi) is 7.54. The number of aromatic nitrogens is 4. The number of carbonyl (C=O) groups is 1. The second kappa shape index (κ2) is 9.65. The van der Waals surface area contributed by atoms with Crippen LogP contribution in [0.2, 0.25) is 0 Å². The van der Waals surface area contributed by atoms with E-state index in [1.54, 1.807) is 29.8 Å². The van der Waals surface area contributed by atoms with Gasteiger partial charge < -0.3 is 15.4 Å². The average molecular weight is 373 g/mol. The van der Waals surface area contributed by atoms with Gasteiger partial charge in [-0.3, -0.25) is 4.79 Å². The molecule has 0 radical (unpaired) electrons. The van der Waals surface area contributed by atoms with E-state index in [9.17, 15) is 4.79 Å². The molecular weight excluding hydrogens is 352 g/mol. The number of carbonyl (C=O) groups excluding carboxylic acids is 1. The van der Waals surface area contributed by atoms with Crippen LogP contribution >= 0.6 is 23.4 Å². The molecule has 0 aliphatic rings. The minimum Gasteiger partial charge on any atom is -0.383 e. The van der Waals surface area contributed by atoms with Gasteiger partial charge in [0.15, 0.2) is 10.8 Å². The Bertz CT molecular complexity index is 681. The number of anilines is 1. The first kappa shape index (κ1) is 18.8. The molecule has 0 bridgehead atoms. The van der Waals surface area contributed by atoms with Gasteiger partial charge >= 0.3 is 0 Å². The van der Waals surface area contributed by atoms with E-state index in [0.717, 1.165) is 22.6 Å². The van der Waals surface area contributed by atoms with E-state index in [0.29, 0.717) is 31.4 Å². The lowest BCUT2D eigenvalue weighted by Gasteiger charge is -2.09.